The zero-order valence-electron chi connectivity index (χ0n) is 11.3. The minimum atomic E-state index is 0.656. The third-order valence-corrected chi connectivity index (χ3v) is 3.46. The van der Waals surface area contributed by atoms with Crippen LogP contribution in [0.4, 0.5) is 0 Å². The van der Waals surface area contributed by atoms with Gasteiger partial charge in [-0.05, 0) is 31.8 Å². The van der Waals surface area contributed by atoms with Crippen LogP contribution in [0.5, 0.6) is 0 Å². The smallest absolute Gasteiger partial charge is 0.0594 e. The fraction of sp³-hybridized carbons (Fsp3) is 1.00. The molecule has 1 aliphatic rings. The lowest BCUT2D eigenvalue weighted by Crippen LogP contribution is -2.47. The van der Waals surface area contributed by atoms with E-state index >= 15 is 0 Å². The monoisotopic (exact) mass is 228 g/mol. The van der Waals surface area contributed by atoms with Crippen molar-refractivity contribution in [3.05, 3.63) is 0 Å². The highest BCUT2D eigenvalue weighted by molar-refractivity contribution is 4.76. The summed E-state index contributed by atoms with van der Waals surface area (Å²) in [4.78, 5) is 2.55. The van der Waals surface area contributed by atoms with Crippen molar-refractivity contribution in [3.8, 4) is 0 Å². The van der Waals surface area contributed by atoms with E-state index in [4.69, 9.17) is 4.74 Å². The molecule has 1 N–H and O–H groups in total. The Kier molecular flexibility index (Phi) is 6.32. The maximum absolute atomic E-state index is 5.38. The van der Waals surface area contributed by atoms with Crippen LogP contribution in [0, 0.1) is 11.8 Å². The average Bonchev–Trinajstić information content (AvgIpc) is 2.28. The summed E-state index contributed by atoms with van der Waals surface area (Å²) in [5.74, 6) is 1.45. The SMILES string of the molecule is CC(C)CNCC(C)C(C)N1CCOCC1. The lowest BCUT2D eigenvalue weighted by Gasteiger charge is -2.35. The van der Waals surface area contributed by atoms with Crippen LogP contribution >= 0.6 is 0 Å². The second kappa shape index (κ2) is 7.25. The number of rotatable bonds is 6. The molecule has 1 saturated heterocycles. The second-order valence-electron chi connectivity index (χ2n) is 5.42. The van der Waals surface area contributed by atoms with Crippen molar-refractivity contribution in [2.24, 2.45) is 11.8 Å². The van der Waals surface area contributed by atoms with Crippen molar-refractivity contribution in [2.45, 2.75) is 33.7 Å². The molecule has 0 aromatic rings. The summed E-state index contributed by atoms with van der Waals surface area (Å²) < 4.78 is 5.38. The molecule has 2 unspecified atom stereocenters. The number of nitrogens with zero attached hydrogens (tertiary/aromatic N) is 1. The summed E-state index contributed by atoms with van der Waals surface area (Å²) in [5.41, 5.74) is 0. The minimum absolute atomic E-state index is 0.656. The molecule has 0 radical (unpaired) electrons. The molecule has 0 saturated carbocycles. The number of morpholine rings is 1. The second-order valence-corrected chi connectivity index (χ2v) is 5.42. The van der Waals surface area contributed by atoms with Gasteiger partial charge in [0.05, 0.1) is 13.2 Å². The Hall–Kier alpha value is -0.120. The van der Waals surface area contributed by atoms with Crippen LogP contribution in [0.1, 0.15) is 27.7 Å². The van der Waals surface area contributed by atoms with Crippen molar-refractivity contribution in [1.82, 2.24) is 10.2 Å². The topological polar surface area (TPSA) is 24.5 Å². The van der Waals surface area contributed by atoms with Crippen LogP contribution in [0.15, 0.2) is 0 Å². The fourth-order valence-electron chi connectivity index (χ4n) is 2.11. The maximum Gasteiger partial charge on any atom is 0.0594 e. The van der Waals surface area contributed by atoms with Gasteiger partial charge in [-0.2, -0.15) is 0 Å². The van der Waals surface area contributed by atoms with Crippen LogP contribution in [-0.4, -0.2) is 50.3 Å². The number of ether oxygens (including phenoxy) is 1. The number of hydrogen-bond donors (Lipinski definition) is 1. The van der Waals surface area contributed by atoms with E-state index < -0.39 is 0 Å². The molecular formula is C13H28N2O. The van der Waals surface area contributed by atoms with Gasteiger partial charge in [-0.25, -0.2) is 0 Å². The Bertz CT molecular complexity index is 179. The van der Waals surface area contributed by atoms with Crippen molar-refractivity contribution in [3.63, 3.8) is 0 Å². The fourth-order valence-corrected chi connectivity index (χ4v) is 2.11. The van der Waals surface area contributed by atoms with Gasteiger partial charge in [-0.1, -0.05) is 20.8 Å². The predicted molar refractivity (Wildman–Crippen MR) is 68.7 cm³/mol. The molecule has 3 heteroatoms. The molecular weight excluding hydrogens is 200 g/mol. The van der Waals surface area contributed by atoms with Gasteiger partial charge in [-0.3, -0.25) is 4.90 Å². The molecule has 0 aliphatic carbocycles. The van der Waals surface area contributed by atoms with E-state index in [9.17, 15) is 0 Å². The van der Waals surface area contributed by atoms with Crippen molar-refractivity contribution < 1.29 is 4.74 Å². The standard InChI is InChI=1S/C13H28N2O/c1-11(2)9-14-10-12(3)13(4)15-5-7-16-8-6-15/h11-14H,5-10H2,1-4H3. The summed E-state index contributed by atoms with van der Waals surface area (Å²) in [5, 5.41) is 3.55. The van der Waals surface area contributed by atoms with Gasteiger partial charge >= 0.3 is 0 Å². The van der Waals surface area contributed by atoms with Crippen LogP contribution in [0.25, 0.3) is 0 Å². The number of nitrogens with one attached hydrogen (secondary N) is 1. The van der Waals surface area contributed by atoms with Gasteiger partial charge in [0.15, 0.2) is 0 Å². The third kappa shape index (κ3) is 4.81. The molecule has 0 bridgehead atoms. The molecule has 0 aromatic heterocycles. The van der Waals surface area contributed by atoms with Gasteiger partial charge < -0.3 is 10.1 Å². The minimum Gasteiger partial charge on any atom is -0.379 e. The van der Waals surface area contributed by atoms with E-state index in [1.54, 1.807) is 0 Å². The van der Waals surface area contributed by atoms with Crippen molar-refractivity contribution >= 4 is 0 Å². The van der Waals surface area contributed by atoms with E-state index in [2.05, 4.69) is 37.9 Å². The van der Waals surface area contributed by atoms with E-state index in [0.29, 0.717) is 12.0 Å². The third-order valence-electron chi connectivity index (χ3n) is 3.46. The highest BCUT2D eigenvalue weighted by Gasteiger charge is 2.21. The van der Waals surface area contributed by atoms with Crippen LogP contribution < -0.4 is 5.32 Å². The molecule has 2 atom stereocenters. The first-order valence-electron chi connectivity index (χ1n) is 6.63. The predicted octanol–water partition coefficient (Wildman–Crippen LogP) is 1.59. The van der Waals surface area contributed by atoms with Gasteiger partial charge in [0.2, 0.25) is 0 Å². The summed E-state index contributed by atoms with van der Waals surface area (Å²) in [6.07, 6.45) is 0. The van der Waals surface area contributed by atoms with E-state index in [1.165, 1.54) is 0 Å². The van der Waals surface area contributed by atoms with Gasteiger partial charge in [-0.15, -0.1) is 0 Å². The first-order chi connectivity index (χ1) is 7.61. The Morgan fingerprint density at radius 2 is 1.69 bits per heavy atom. The first-order valence-corrected chi connectivity index (χ1v) is 6.63. The molecule has 0 aromatic carbocycles. The molecule has 1 aliphatic heterocycles. The van der Waals surface area contributed by atoms with E-state index in [1.807, 2.05) is 0 Å². The summed E-state index contributed by atoms with van der Waals surface area (Å²) in [6.45, 7) is 15.4. The molecule has 0 spiro atoms. The Balaban J connectivity index is 2.20. The zero-order chi connectivity index (χ0) is 12.0. The van der Waals surface area contributed by atoms with Gasteiger partial charge in [0.25, 0.3) is 0 Å². The molecule has 1 rings (SSSR count). The van der Waals surface area contributed by atoms with E-state index in [0.717, 1.165) is 45.3 Å². The molecule has 3 nitrogen and oxygen atoms in total. The summed E-state index contributed by atoms with van der Waals surface area (Å²) in [6, 6.07) is 0.656. The molecule has 16 heavy (non-hydrogen) atoms. The Labute approximate surface area is 101 Å². The highest BCUT2D eigenvalue weighted by atomic mass is 16.5. The molecule has 1 fully saturated rings. The lowest BCUT2D eigenvalue weighted by atomic mass is 10.0. The summed E-state index contributed by atoms with van der Waals surface area (Å²) >= 11 is 0. The molecule has 96 valence electrons. The Morgan fingerprint density at radius 1 is 1.06 bits per heavy atom. The molecule has 0 amide bonds. The van der Waals surface area contributed by atoms with E-state index in [-0.39, 0.29) is 0 Å². The Morgan fingerprint density at radius 3 is 2.25 bits per heavy atom. The lowest BCUT2D eigenvalue weighted by molar-refractivity contribution is 0.00917. The van der Waals surface area contributed by atoms with Crippen molar-refractivity contribution in [1.29, 1.82) is 0 Å². The van der Waals surface area contributed by atoms with Gasteiger partial charge in [0, 0.05) is 19.1 Å². The molecule has 1 heterocycles. The van der Waals surface area contributed by atoms with Crippen molar-refractivity contribution in [2.75, 3.05) is 39.4 Å². The quantitative estimate of drug-likeness (QED) is 0.747. The highest BCUT2D eigenvalue weighted by Crippen LogP contribution is 2.12. The maximum atomic E-state index is 5.38. The van der Waals surface area contributed by atoms with Crippen LogP contribution in [0.3, 0.4) is 0 Å². The normalized spacial score (nSPS) is 22.3. The largest absolute Gasteiger partial charge is 0.379 e. The first kappa shape index (κ1) is 13.9. The zero-order valence-corrected chi connectivity index (χ0v) is 11.3. The van der Waals surface area contributed by atoms with Crippen LogP contribution in [0.2, 0.25) is 0 Å². The van der Waals surface area contributed by atoms with Gasteiger partial charge in [0.1, 0.15) is 0 Å². The van der Waals surface area contributed by atoms with Crippen LogP contribution in [-0.2, 0) is 4.74 Å². The number of hydrogen-bond acceptors (Lipinski definition) is 3. The average molecular weight is 228 g/mol. The summed E-state index contributed by atoms with van der Waals surface area (Å²) in [7, 11) is 0.